The molecule has 1 saturated heterocycles. The molecule has 6 nitrogen and oxygen atoms in total. The van der Waals surface area contributed by atoms with Crippen molar-refractivity contribution < 1.29 is 4.79 Å². The number of nitrogens with zero attached hydrogens (tertiary/aromatic N) is 4. The number of amides is 2. The first-order chi connectivity index (χ1) is 9.72. The molecule has 1 aliphatic rings. The van der Waals surface area contributed by atoms with E-state index in [1.807, 2.05) is 0 Å². The van der Waals surface area contributed by atoms with Crippen LogP contribution in [-0.2, 0) is 0 Å². The highest BCUT2D eigenvalue weighted by atomic mass is 35.5. The predicted octanol–water partition coefficient (Wildman–Crippen LogP) is 2.41. The molecule has 1 atom stereocenters. The number of nitrogens with one attached hydrogen (secondary N) is 1. The molecule has 2 heterocycles. The molecule has 1 N–H and O–H groups in total. The number of carbonyl (C=O) groups excluding carboxylic acids is 1. The standard InChI is InChI=1S/C13H14ClN5O/c14-10-1-3-11(4-2-10)17-13(20)18-8-5-12(9-18)19-15-6-7-16-19/h1-4,6-7,12H,5,8-9H2,(H,17,20). The summed E-state index contributed by atoms with van der Waals surface area (Å²) in [6.07, 6.45) is 4.16. The van der Waals surface area contributed by atoms with E-state index in [0.29, 0.717) is 18.1 Å². The van der Waals surface area contributed by atoms with Gasteiger partial charge in [-0.15, -0.1) is 0 Å². The van der Waals surface area contributed by atoms with Crippen molar-refractivity contribution in [3.8, 4) is 0 Å². The number of rotatable bonds is 2. The van der Waals surface area contributed by atoms with Gasteiger partial charge < -0.3 is 10.2 Å². The summed E-state index contributed by atoms with van der Waals surface area (Å²) in [5.74, 6) is 0. The van der Waals surface area contributed by atoms with Crippen molar-refractivity contribution in [2.24, 2.45) is 0 Å². The van der Waals surface area contributed by atoms with Crippen LogP contribution >= 0.6 is 11.6 Å². The van der Waals surface area contributed by atoms with Crippen LogP contribution in [0.1, 0.15) is 12.5 Å². The minimum atomic E-state index is -0.109. The lowest BCUT2D eigenvalue weighted by atomic mass is 10.3. The van der Waals surface area contributed by atoms with Crippen molar-refractivity contribution in [3.05, 3.63) is 41.7 Å². The third-order valence-corrected chi connectivity index (χ3v) is 3.56. The number of carbonyl (C=O) groups is 1. The molecule has 1 aromatic carbocycles. The van der Waals surface area contributed by atoms with Gasteiger partial charge in [0.2, 0.25) is 0 Å². The van der Waals surface area contributed by atoms with E-state index in [-0.39, 0.29) is 12.1 Å². The second-order valence-corrected chi connectivity index (χ2v) is 5.11. The Hall–Kier alpha value is -2.08. The van der Waals surface area contributed by atoms with Crippen LogP contribution < -0.4 is 5.32 Å². The van der Waals surface area contributed by atoms with Crippen molar-refractivity contribution in [3.63, 3.8) is 0 Å². The zero-order valence-electron chi connectivity index (χ0n) is 10.7. The molecule has 1 unspecified atom stereocenters. The Morgan fingerprint density at radius 3 is 2.65 bits per heavy atom. The highest BCUT2D eigenvalue weighted by Gasteiger charge is 2.28. The Balaban J connectivity index is 1.60. The number of benzene rings is 1. The number of likely N-dealkylation sites (tertiary alicyclic amines) is 1. The van der Waals surface area contributed by atoms with Crippen molar-refractivity contribution >= 4 is 23.3 Å². The van der Waals surface area contributed by atoms with Crippen molar-refractivity contribution in [2.75, 3.05) is 18.4 Å². The van der Waals surface area contributed by atoms with Gasteiger partial charge in [0.25, 0.3) is 0 Å². The Kier molecular flexibility index (Phi) is 3.56. The highest BCUT2D eigenvalue weighted by molar-refractivity contribution is 6.30. The minimum absolute atomic E-state index is 0.109. The lowest BCUT2D eigenvalue weighted by Crippen LogP contribution is -2.33. The van der Waals surface area contributed by atoms with Crippen LogP contribution in [-0.4, -0.2) is 39.0 Å². The molecular formula is C13H14ClN5O. The number of hydrogen-bond acceptors (Lipinski definition) is 3. The lowest BCUT2D eigenvalue weighted by Gasteiger charge is -2.17. The van der Waals surface area contributed by atoms with Crippen LogP contribution in [0, 0.1) is 0 Å². The third-order valence-electron chi connectivity index (χ3n) is 3.31. The summed E-state index contributed by atoms with van der Waals surface area (Å²) in [6, 6.07) is 7.10. The lowest BCUT2D eigenvalue weighted by molar-refractivity contribution is 0.220. The quantitative estimate of drug-likeness (QED) is 0.924. The summed E-state index contributed by atoms with van der Waals surface area (Å²) in [7, 11) is 0. The predicted molar refractivity (Wildman–Crippen MR) is 75.7 cm³/mol. The molecule has 0 aliphatic carbocycles. The molecule has 7 heteroatoms. The van der Waals surface area contributed by atoms with Crippen LogP contribution in [0.4, 0.5) is 10.5 Å². The van der Waals surface area contributed by atoms with Gasteiger partial charge in [-0.1, -0.05) is 11.6 Å². The normalized spacial score (nSPS) is 18.2. The highest BCUT2D eigenvalue weighted by Crippen LogP contribution is 2.21. The molecule has 0 bridgehead atoms. The van der Waals surface area contributed by atoms with Gasteiger partial charge in [-0.2, -0.15) is 15.0 Å². The molecule has 1 aliphatic heterocycles. The average Bonchev–Trinajstić information content (AvgIpc) is 3.11. The maximum atomic E-state index is 12.1. The van der Waals surface area contributed by atoms with Gasteiger partial charge in [-0.3, -0.25) is 0 Å². The van der Waals surface area contributed by atoms with Gasteiger partial charge in [0.15, 0.2) is 0 Å². The number of anilines is 1. The fourth-order valence-electron chi connectivity index (χ4n) is 2.27. The van der Waals surface area contributed by atoms with Gasteiger partial charge in [-0.25, -0.2) is 4.79 Å². The van der Waals surface area contributed by atoms with Gasteiger partial charge in [0, 0.05) is 23.8 Å². The number of halogens is 1. The van der Waals surface area contributed by atoms with E-state index < -0.39 is 0 Å². The van der Waals surface area contributed by atoms with Crippen LogP contribution in [0.2, 0.25) is 5.02 Å². The molecular weight excluding hydrogens is 278 g/mol. The van der Waals surface area contributed by atoms with Crippen LogP contribution in [0.25, 0.3) is 0 Å². The van der Waals surface area contributed by atoms with Crippen LogP contribution in [0.15, 0.2) is 36.7 Å². The van der Waals surface area contributed by atoms with Crippen molar-refractivity contribution in [1.82, 2.24) is 19.9 Å². The van der Waals surface area contributed by atoms with Gasteiger partial charge in [-0.05, 0) is 30.7 Å². The van der Waals surface area contributed by atoms with Gasteiger partial charge in [0.1, 0.15) is 0 Å². The summed E-state index contributed by atoms with van der Waals surface area (Å²) in [4.78, 5) is 15.6. The van der Waals surface area contributed by atoms with E-state index in [1.54, 1.807) is 46.4 Å². The monoisotopic (exact) mass is 291 g/mol. The number of urea groups is 1. The first-order valence-electron chi connectivity index (χ1n) is 6.39. The minimum Gasteiger partial charge on any atom is -0.322 e. The van der Waals surface area contributed by atoms with E-state index >= 15 is 0 Å². The van der Waals surface area contributed by atoms with Gasteiger partial charge in [0.05, 0.1) is 18.4 Å². The smallest absolute Gasteiger partial charge is 0.321 e. The Bertz CT molecular complexity index is 583. The van der Waals surface area contributed by atoms with E-state index in [1.165, 1.54) is 0 Å². The van der Waals surface area contributed by atoms with Crippen molar-refractivity contribution in [2.45, 2.75) is 12.5 Å². The average molecular weight is 292 g/mol. The molecule has 2 aromatic rings. The molecule has 0 saturated carbocycles. The summed E-state index contributed by atoms with van der Waals surface area (Å²) >= 11 is 5.81. The maximum absolute atomic E-state index is 12.1. The zero-order valence-corrected chi connectivity index (χ0v) is 11.5. The first-order valence-corrected chi connectivity index (χ1v) is 6.77. The fraction of sp³-hybridized carbons (Fsp3) is 0.308. The SMILES string of the molecule is O=C(Nc1ccc(Cl)cc1)N1CCC(n2nccn2)C1. The molecule has 1 fully saturated rings. The second kappa shape index (κ2) is 5.50. The fourth-order valence-corrected chi connectivity index (χ4v) is 2.39. The molecule has 2 amide bonds. The topological polar surface area (TPSA) is 63.1 Å². The Morgan fingerprint density at radius 1 is 1.25 bits per heavy atom. The molecule has 0 spiro atoms. The summed E-state index contributed by atoms with van der Waals surface area (Å²) in [5.41, 5.74) is 0.736. The van der Waals surface area contributed by atoms with Crippen molar-refractivity contribution in [1.29, 1.82) is 0 Å². The third kappa shape index (κ3) is 2.75. The van der Waals surface area contributed by atoms with Crippen LogP contribution in [0.5, 0.6) is 0 Å². The van der Waals surface area contributed by atoms with Gasteiger partial charge >= 0.3 is 6.03 Å². The van der Waals surface area contributed by atoms with E-state index in [9.17, 15) is 4.79 Å². The Morgan fingerprint density at radius 2 is 1.95 bits per heavy atom. The first kappa shape index (κ1) is 12.9. The summed E-state index contributed by atoms with van der Waals surface area (Å²) in [6.45, 7) is 1.32. The molecule has 104 valence electrons. The second-order valence-electron chi connectivity index (χ2n) is 4.68. The maximum Gasteiger partial charge on any atom is 0.321 e. The summed E-state index contributed by atoms with van der Waals surface area (Å²) in [5, 5.41) is 11.7. The largest absolute Gasteiger partial charge is 0.322 e. The van der Waals surface area contributed by atoms with Crippen LogP contribution in [0.3, 0.4) is 0 Å². The number of hydrogen-bond donors (Lipinski definition) is 1. The Labute approximate surface area is 121 Å². The summed E-state index contributed by atoms with van der Waals surface area (Å²) < 4.78 is 0. The molecule has 0 radical (unpaired) electrons. The molecule has 3 rings (SSSR count). The number of aromatic nitrogens is 3. The molecule has 20 heavy (non-hydrogen) atoms. The van der Waals surface area contributed by atoms with E-state index in [0.717, 1.165) is 12.1 Å². The zero-order chi connectivity index (χ0) is 13.9. The molecule has 1 aromatic heterocycles. The van der Waals surface area contributed by atoms with E-state index in [2.05, 4.69) is 15.5 Å². The van der Waals surface area contributed by atoms with E-state index in [4.69, 9.17) is 11.6 Å².